The summed E-state index contributed by atoms with van der Waals surface area (Å²) in [5.74, 6) is -0.832. The zero-order valence-corrected chi connectivity index (χ0v) is 23.0. The second-order valence-corrected chi connectivity index (χ2v) is 10.8. The van der Waals surface area contributed by atoms with Crippen LogP contribution in [0.1, 0.15) is 49.7 Å². The van der Waals surface area contributed by atoms with E-state index >= 15 is 0 Å². The molecule has 0 radical (unpaired) electrons. The lowest BCUT2D eigenvalue weighted by atomic mass is 9.83. The molecule has 9 nitrogen and oxygen atoms in total. The van der Waals surface area contributed by atoms with Gasteiger partial charge in [0.15, 0.2) is 18.7 Å². The fourth-order valence-corrected chi connectivity index (χ4v) is 6.21. The number of pyridine rings is 1. The number of anilines is 1. The summed E-state index contributed by atoms with van der Waals surface area (Å²) in [7, 11) is 1.94. The van der Waals surface area contributed by atoms with E-state index in [2.05, 4.69) is 17.9 Å². The molecule has 1 aromatic carbocycles. The van der Waals surface area contributed by atoms with Crippen molar-refractivity contribution in [3.63, 3.8) is 0 Å². The lowest BCUT2D eigenvalue weighted by Gasteiger charge is -2.29. The summed E-state index contributed by atoms with van der Waals surface area (Å²) in [5, 5.41) is 10.5. The van der Waals surface area contributed by atoms with Gasteiger partial charge in [-0.3, -0.25) is 14.5 Å². The molecule has 2 aromatic rings. The van der Waals surface area contributed by atoms with Crippen LogP contribution in [0.4, 0.5) is 5.69 Å². The third-order valence-corrected chi connectivity index (χ3v) is 8.17. The van der Waals surface area contributed by atoms with Crippen molar-refractivity contribution in [1.82, 2.24) is 4.90 Å². The number of hydrogen-bond donors (Lipinski definition) is 1. The first-order chi connectivity index (χ1) is 18.9. The number of carbonyl (C=O) groups is 2. The molecular formula is C30H40N3O6+. The van der Waals surface area contributed by atoms with Gasteiger partial charge in [-0.25, -0.2) is 4.57 Å². The van der Waals surface area contributed by atoms with Crippen LogP contribution < -0.4 is 14.2 Å². The Kier molecular flexibility index (Phi) is 8.79. The number of aromatic nitrogens is 1. The Morgan fingerprint density at radius 1 is 1.15 bits per heavy atom. The van der Waals surface area contributed by atoms with E-state index in [1.165, 1.54) is 0 Å². The second-order valence-electron chi connectivity index (χ2n) is 10.8. The number of aliphatic carboxylic acids is 1. The van der Waals surface area contributed by atoms with Crippen LogP contribution in [0.25, 0.3) is 0 Å². The number of carbonyl (C=O) groups excluding carboxylic acids is 1. The predicted octanol–water partition coefficient (Wildman–Crippen LogP) is 2.90. The largest absolute Gasteiger partial charge is 0.493 e. The maximum Gasteiger partial charge on any atom is 0.308 e. The highest BCUT2D eigenvalue weighted by Crippen LogP contribution is 2.41. The second kappa shape index (κ2) is 12.4. The summed E-state index contributed by atoms with van der Waals surface area (Å²) in [5.41, 5.74) is 2.97. The molecule has 3 atom stereocenters. The van der Waals surface area contributed by atoms with E-state index in [0.717, 1.165) is 41.8 Å². The van der Waals surface area contributed by atoms with Gasteiger partial charge >= 0.3 is 5.97 Å². The number of rotatable bonds is 11. The number of fused-ring (bicyclic) bond motifs is 1. The molecule has 3 aliphatic heterocycles. The van der Waals surface area contributed by atoms with Crippen molar-refractivity contribution in [3.05, 3.63) is 53.9 Å². The highest BCUT2D eigenvalue weighted by atomic mass is 16.7. The summed E-state index contributed by atoms with van der Waals surface area (Å²) in [6, 6.07) is 9.64. The van der Waals surface area contributed by atoms with Crippen LogP contribution in [-0.4, -0.2) is 73.7 Å². The smallest absolute Gasteiger partial charge is 0.308 e. The molecule has 0 aliphatic carbocycles. The summed E-state index contributed by atoms with van der Waals surface area (Å²) < 4.78 is 18.9. The van der Waals surface area contributed by atoms with E-state index in [4.69, 9.17) is 14.2 Å². The monoisotopic (exact) mass is 538 g/mol. The fraction of sp³-hybridized carbons (Fsp3) is 0.567. The molecule has 210 valence electrons. The van der Waals surface area contributed by atoms with Crippen molar-refractivity contribution in [3.8, 4) is 5.75 Å². The fourth-order valence-electron chi connectivity index (χ4n) is 6.21. The van der Waals surface area contributed by atoms with E-state index in [9.17, 15) is 14.7 Å². The molecule has 1 unspecified atom stereocenters. The van der Waals surface area contributed by atoms with Gasteiger partial charge in [-0.1, -0.05) is 25.5 Å². The number of unbranched alkanes of at least 4 members (excludes halogenated alkanes) is 1. The maximum absolute atomic E-state index is 13.9. The van der Waals surface area contributed by atoms with Crippen LogP contribution in [0.15, 0.2) is 42.7 Å². The molecule has 2 fully saturated rings. The van der Waals surface area contributed by atoms with Crippen LogP contribution in [0.5, 0.6) is 5.75 Å². The SMILES string of the molecule is CCCCN(C(=O)CN1C[C@H](c2ccc3c(c2)CCO3)C(C(=O)O)[C@@H]1CCC1OCCO1)c1ccc[n+](C)c1. The first kappa shape index (κ1) is 27.6. The van der Waals surface area contributed by atoms with Gasteiger partial charge in [-0.15, -0.1) is 0 Å². The number of carboxylic acid groups (broad SMARTS) is 1. The maximum atomic E-state index is 13.9. The number of likely N-dealkylation sites (tertiary alicyclic amines) is 1. The first-order valence-electron chi connectivity index (χ1n) is 14.2. The molecular weight excluding hydrogens is 498 g/mol. The molecule has 5 rings (SSSR count). The van der Waals surface area contributed by atoms with E-state index in [-0.39, 0.29) is 30.7 Å². The van der Waals surface area contributed by atoms with Gasteiger partial charge in [-0.2, -0.15) is 0 Å². The highest BCUT2D eigenvalue weighted by molar-refractivity contribution is 5.94. The van der Waals surface area contributed by atoms with Crippen LogP contribution in [0.2, 0.25) is 0 Å². The minimum absolute atomic E-state index is 0.0137. The quantitative estimate of drug-likeness (QED) is 0.440. The summed E-state index contributed by atoms with van der Waals surface area (Å²) in [6.45, 7) is 5.17. The summed E-state index contributed by atoms with van der Waals surface area (Å²) in [4.78, 5) is 30.6. The molecule has 1 aromatic heterocycles. The summed E-state index contributed by atoms with van der Waals surface area (Å²) in [6.07, 6.45) is 7.45. The van der Waals surface area contributed by atoms with Crippen molar-refractivity contribution >= 4 is 17.6 Å². The Labute approximate surface area is 230 Å². The minimum Gasteiger partial charge on any atom is -0.493 e. The highest BCUT2D eigenvalue weighted by Gasteiger charge is 2.47. The Morgan fingerprint density at radius 3 is 2.72 bits per heavy atom. The third-order valence-electron chi connectivity index (χ3n) is 8.17. The number of ether oxygens (including phenoxy) is 3. The van der Waals surface area contributed by atoms with Gasteiger partial charge in [0.2, 0.25) is 5.91 Å². The molecule has 3 aliphatic rings. The molecule has 1 N–H and O–H groups in total. The van der Waals surface area contributed by atoms with E-state index in [1.807, 2.05) is 53.2 Å². The Bertz CT molecular complexity index is 1170. The van der Waals surface area contributed by atoms with Gasteiger partial charge in [0, 0.05) is 37.5 Å². The normalized spacial score (nSPS) is 23.1. The molecule has 9 heteroatoms. The number of amides is 1. The average Bonchev–Trinajstić information content (AvgIpc) is 3.67. The number of carboxylic acids is 1. The first-order valence-corrected chi connectivity index (χ1v) is 14.2. The molecule has 2 saturated heterocycles. The van der Waals surface area contributed by atoms with Gasteiger partial charge < -0.3 is 24.2 Å². The van der Waals surface area contributed by atoms with Crippen LogP contribution in [0, 0.1) is 5.92 Å². The molecule has 1 amide bonds. The van der Waals surface area contributed by atoms with E-state index < -0.39 is 11.9 Å². The van der Waals surface area contributed by atoms with E-state index in [0.29, 0.717) is 45.8 Å². The van der Waals surface area contributed by atoms with Gasteiger partial charge in [-0.05, 0) is 42.5 Å². The van der Waals surface area contributed by atoms with Crippen molar-refractivity contribution in [1.29, 1.82) is 0 Å². The van der Waals surface area contributed by atoms with Gasteiger partial charge in [0.1, 0.15) is 18.5 Å². The number of benzene rings is 1. The number of nitrogens with zero attached hydrogens (tertiary/aromatic N) is 3. The number of aryl methyl sites for hydroxylation is 1. The minimum atomic E-state index is -0.831. The lowest BCUT2D eigenvalue weighted by molar-refractivity contribution is -0.670. The standard InChI is InChI=1S/C30H39N3O6/c1-3-4-13-33(23-6-5-12-31(2)18-23)27(34)20-32-19-24(21-7-9-26-22(17-21)11-14-37-26)29(30(35)36)25(32)8-10-28-38-15-16-39-28/h5-7,9,12,17-18,24-25,28-29H,3-4,8,10-11,13-16,19-20H2,1-2H3/p+1/t24-,25+,29?/m1/s1. The van der Waals surface area contributed by atoms with Crippen molar-refractivity contribution < 1.29 is 33.5 Å². The number of hydrogen-bond acceptors (Lipinski definition) is 6. The lowest BCUT2D eigenvalue weighted by Crippen LogP contribution is -2.45. The average molecular weight is 539 g/mol. The van der Waals surface area contributed by atoms with Crippen LogP contribution >= 0.6 is 0 Å². The van der Waals surface area contributed by atoms with E-state index in [1.54, 1.807) is 0 Å². The topological polar surface area (TPSA) is 92.4 Å². The Hall–Kier alpha value is -3.01. The third kappa shape index (κ3) is 6.26. The zero-order valence-electron chi connectivity index (χ0n) is 23.0. The zero-order chi connectivity index (χ0) is 27.4. The summed E-state index contributed by atoms with van der Waals surface area (Å²) >= 11 is 0. The molecule has 0 bridgehead atoms. The molecule has 4 heterocycles. The van der Waals surface area contributed by atoms with Crippen molar-refractivity contribution in [2.75, 3.05) is 44.4 Å². The van der Waals surface area contributed by atoms with Crippen molar-refractivity contribution in [2.45, 2.75) is 57.3 Å². The van der Waals surface area contributed by atoms with Gasteiger partial charge in [0.05, 0.1) is 32.3 Å². The van der Waals surface area contributed by atoms with Gasteiger partial charge in [0.25, 0.3) is 0 Å². The molecule has 0 spiro atoms. The van der Waals surface area contributed by atoms with Crippen LogP contribution in [-0.2, 0) is 32.5 Å². The van der Waals surface area contributed by atoms with Crippen LogP contribution in [0.3, 0.4) is 0 Å². The Morgan fingerprint density at radius 2 is 1.97 bits per heavy atom. The molecule has 39 heavy (non-hydrogen) atoms. The predicted molar refractivity (Wildman–Crippen MR) is 145 cm³/mol. The van der Waals surface area contributed by atoms with Crippen molar-refractivity contribution in [2.24, 2.45) is 13.0 Å². The molecule has 0 saturated carbocycles. The Balaban J connectivity index is 1.41.